The van der Waals surface area contributed by atoms with Gasteiger partial charge in [-0.15, -0.1) is 11.3 Å². The van der Waals surface area contributed by atoms with Crippen LogP contribution in [0.1, 0.15) is 46.8 Å². The zero-order valence-corrected chi connectivity index (χ0v) is 16.1. The molecule has 2 aliphatic heterocycles. The minimum Gasteiger partial charge on any atom is -0.348 e. The Kier molecular flexibility index (Phi) is 3.94. The van der Waals surface area contributed by atoms with Gasteiger partial charge >= 0.3 is 0 Å². The first-order valence-electron chi connectivity index (χ1n) is 9.78. The van der Waals surface area contributed by atoms with Crippen molar-refractivity contribution in [3.8, 4) is 0 Å². The molecule has 138 valence electrons. The van der Waals surface area contributed by atoms with Crippen molar-refractivity contribution >= 4 is 17.2 Å². The standard InChI is InChI=1S/C20H26N4OS/c1-14-2-5-16(26-14)12-23-10-7-20(8-11-23)18-17(21-13-22-18)6-9-24(20)19(25)15-3-4-15/h2,5,13,15H,3-4,6-12H2,1H3,(H,21,22). The molecule has 2 fully saturated rings. The summed E-state index contributed by atoms with van der Waals surface area (Å²) in [6.07, 6.45) is 6.86. The van der Waals surface area contributed by atoms with Crippen molar-refractivity contribution in [1.29, 1.82) is 0 Å². The van der Waals surface area contributed by atoms with E-state index in [0.717, 1.165) is 64.0 Å². The third kappa shape index (κ3) is 2.70. The van der Waals surface area contributed by atoms with Crippen molar-refractivity contribution in [3.63, 3.8) is 0 Å². The van der Waals surface area contributed by atoms with Gasteiger partial charge in [0.2, 0.25) is 5.91 Å². The summed E-state index contributed by atoms with van der Waals surface area (Å²) in [7, 11) is 0. The molecule has 6 heteroatoms. The quantitative estimate of drug-likeness (QED) is 0.903. The Labute approximate surface area is 158 Å². The van der Waals surface area contributed by atoms with Crippen LogP contribution in [0.15, 0.2) is 18.5 Å². The van der Waals surface area contributed by atoms with Crippen LogP contribution in [0.2, 0.25) is 0 Å². The van der Waals surface area contributed by atoms with Gasteiger partial charge in [-0.05, 0) is 44.7 Å². The number of piperidine rings is 1. The number of fused-ring (bicyclic) bond motifs is 2. The molecule has 2 aromatic heterocycles. The molecule has 3 aliphatic rings. The summed E-state index contributed by atoms with van der Waals surface area (Å²) in [4.78, 5) is 28.6. The minimum atomic E-state index is -0.185. The Balaban J connectivity index is 1.38. The molecule has 4 heterocycles. The Morgan fingerprint density at radius 2 is 2.12 bits per heavy atom. The largest absolute Gasteiger partial charge is 0.348 e. The van der Waals surface area contributed by atoms with Crippen LogP contribution in [0, 0.1) is 12.8 Å². The van der Waals surface area contributed by atoms with E-state index in [-0.39, 0.29) is 11.5 Å². The van der Waals surface area contributed by atoms with E-state index in [1.807, 2.05) is 17.7 Å². The van der Waals surface area contributed by atoms with Gasteiger partial charge in [0.25, 0.3) is 0 Å². The third-order valence-electron chi connectivity index (χ3n) is 6.31. The Morgan fingerprint density at radius 3 is 2.81 bits per heavy atom. The zero-order valence-electron chi connectivity index (χ0n) is 15.3. The summed E-state index contributed by atoms with van der Waals surface area (Å²) in [6, 6.07) is 4.46. The highest BCUT2D eigenvalue weighted by Crippen LogP contribution is 2.45. The highest BCUT2D eigenvalue weighted by molar-refractivity contribution is 7.11. The Hall–Kier alpha value is -1.66. The summed E-state index contributed by atoms with van der Waals surface area (Å²) < 4.78 is 0. The predicted octanol–water partition coefficient (Wildman–Crippen LogP) is 3.07. The molecule has 0 atom stereocenters. The van der Waals surface area contributed by atoms with Crippen molar-refractivity contribution in [2.75, 3.05) is 19.6 Å². The average molecular weight is 371 g/mol. The first-order chi connectivity index (χ1) is 12.7. The van der Waals surface area contributed by atoms with E-state index >= 15 is 0 Å². The number of carbonyl (C=O) groups is 1. The van der Waals surface area contributed by atoms with E-state index in [2.05, 4.69) is 33.8 Å². The molecule has 5 rings (SSSR count). The summed E-state index contributed by atoms with van der Waals surface area (Å²) in [5.41, 5.74) is 2.20. The molecule has 5 nitrogen and oxygen atoms in total. The van der Waals surface area contributed by atoms with Gasteiger partial charge in [0.15, 0.2) is 0 Å². The molecular weight excluding hydrogens is 344 g/mol. The number of hydrogen-bond acceptors (Lipinski definition) is 4. The Bertz CT molecular complexity index is 813. The maximum atomic E-state index is 13.0. The van der Waals surface area contributed by atoms with E-state index in [1.165, 1.54) is 15.4 Å². The van der Waals surface area contributed by atoms with Crippen LogP contribution in [-0.4, -0.2) is 45.3 Å². The number of nitrogens with zero attached hydrogens (tertiary/aromatic N) is 3. The molecule has 2 aromatic rings. The summed E-state index contributed by atoms with van der Waals surface area (Å²) in [5, 5.41) is 0. The summed E-state index contributed by atoms with van der Waals surface area (Å²) in [6.45, 7) is 6.09. The molecule has 1 saturated carbocycles. The number of aromatic nitrogens is 2. The van der Waals surface area contributed by atoms with Gasteiger partial charge in [-0.2, -0.15) is 0 Å². The van der Waals surface area contributed by atoms with Crippen LogP contribution in [0.4, 0.5) is 0 Å². The molecule has 0 bridgehead atoms. The lowest BCUT2D eigenvalue weighted by molar-refractivity contribution is -0.143. The van der Waals surface area contributed by atoms with Gasteiger partial charge in [-0.25, -0.2) is 4.98 Å². The number of aryl methyl sites for hydroxylation is 1. The molecule has 0 aromatic carbocycles. The number of amides is 1. The number of carbonyl (C=O) groups excluding carboxylic acids is 1. The lowest BCUT2D eigenvalue weighted by atomic mass is 9.78. The van der Waals surface area contributed by atoms with Crippen molar-refractivity contribution in [1.82, 2.24) is 19.8 Å². The van der Waals surface area contributed by atoms with Crippen LogP contribution in [0.5, 0.6) is 0 Å². The van der Waals surface area contributed by atoms with Crippen molar-refractivity contribution in [3.05, 3.63) is 39.6 Å². The molecule has 1 saturated heterocycles. The number of imidazole rings is 1. The Morgan fingerprint density at radius 1 is 1.31 bits per heavy atom. The molecule has 26 heavy (non-hydrogen) atoms. The fourth-order valence-corrected chi connectivity index (χ4v) is 5.66. The third-order valence-corrected chi connectivity index (χ3v) is 7.30. The van der Waals surface area contributed by atoms with Crippen molar-refractivity contribution in [2.24, 2.45) is 5.92 Å². The topological polar surface area (TPSA) is 52.2 Å². The van der Waals surface area contributed by atoms with Crippen molar-refractivity contribution in [2.45, 2.75) is 51.1 Å². The highest BCUT2D eigenvalue weighted by atomic mass is 32.1. The van der Waals surface area contributed by atoms with E-state index in [4.69, 9.17) is 4.98 Å². The van der Waals surface area contributed by atoms with Crippen LogP contribution in [0.3, 0.4) is 0 Å². The van der Waals surface area contributed by atoms with E-state index in [0.29, 0.717) is 5.91 Å². The summed E-state index contributed by atoms with van der Waals surface area (Å²) >= 11 is 1.89. The number of aromatic amines is 1. The van der Waals surface area contributed by atoms with Gasteiger partial charge in [0.05, 0.1) is 17.6 Å². The highest BCUT2D eigenvalue weighted by Gasteiger charge is 2.50. The number of nitrogens with one attached hydrogen (secondary N) is 1. The monoisotopic (exact) mass is 370 g/mol. The number of hydrogen-bond donors (Lipinski definition) is 1. The molecular formula is C20H26N4OS. The van der Waals surface area contributed by atoms with Crippen LogP contribution < -0.4 is 0 Å². The summed E-state index contributed by atoms with van der Waals surface area (Å²) in [5.74, 6) is 0.653. The van der Waals surface area contributed by atoms with Gasteiger partial charge in [0, 0.05) is 54.0 Å². The fourth-order valence-electron chi connectivity index (χ4n) is 4.73. The SMILES string of the molecule is Cc1ccc(CN2CCC3(CC2)c2nc[nH]c2CCN3C(=O)C2CC2)s1. The zero-order chi connectivity index (χ0) is 17.7. The van der Waals surface area contributed by atoms with Crippen LogP contribution >= 0.6 is 11.3 Å². The van der Waals surface area contributed by atoms with Gasteiger partial charge in [-0.3, -0.25) is 9.69 Å². The number of H-pyrrole nitrogens is 1. The van der Waals surface area contributed by atoms with Gasteiger partial charge in [-0.1, -0.05) is 0 Å². The molecule has 1 spiro atoms. The lowest BCUT2D eigenvalue weighted by Crippen LogP contribution is -2.58. The van der Waals surface area contributed by atoms with Crippen molar-refractivity contribution < 1.29 is 4.79 Å². The second kappa shape index (κ2) is 6.20. The molecule has 1 aliphatic carbocycles. The number of rotatable bonds is 3. The maximum absolute atomic E-state index is 13.0. The molecule has 1 N–H and O–H groups in total. The average Bonchev–Trinajstić information content (AvgIpc) is 3.24. The number of likely N-dealkylation sites (tertiary alicyclic amines) is 1. The lowest BCUT2D eigenvalue weighted by Gasteiger charge is -2.50. The van der Waals surface area contributed by atoms with Crippen LogP contribution in [0.25, 0.3) is 0 Å². The minimum absolute atomic E-state index is 0.185. The number of thiophene rings is 1. The smallest absolute Gasteiger partial charge is 0.226 e. The van der Waals surface area contributed by atoms with E-state index in [9.17, 15) is 4.79 Å². The fraction of sp³-hybridized carbons (Fsp3) is 0.600. The molecule has 0 unspecified atom stereocenters. The molecule has 1 amide bonds. The van der Waals surface area contributed by atoms with E-state index in [1.54, 1.807) is 0 Å². The normalized spacial score (nSPS) is 22.6. The van der Waals surface area contributed by atoms with Gasteiger partial charge < -0.3 is 9.88 Å². The maximum Gasteiger partial charge on any atom is 0.226 e. The first kappa shape index (κ1) is 16.5. The second-order valence-electron chi connectivity index (χ2n) is 8.06. The first-order valence-corrected chi connectivity index (χ1v) is 10.6. The predicted molar refractivity (Wildman–Crippen MR) is 102 cm³/mol. The van der Waals surface area contributed by atoms with Gasteiger partial charge in [0.1, 0.15) is 0 Å². The van der Waals surface area contributed by atoms with E-state index < -0.39 is 0 Å². The second-order valence-corrected chi connectivity index (χ2v) is 9.44. The van der Waals surface area contributed by atoms with Crippen LogP contribution in [-0.2, 0) is 23.3 Å². The molecule has 0 radical (unpaired) electrons.